The summed E-state index contributed by atoms with van der Waals surface area (Å²) in [5, 5.41) is 0. The van der Waals surface area contributed by atoms with Crippen molar-refractivity contribution in [2.24, 2.45) is 0 Å². The topological polar surface area (TPSA) is 0 Å². The molecule has 0 heterocycles. The van der Waals surface area contributed by atoms with Gasteiger partial charge in [0.2, 0.25) is 0 Å². The smallest absolute Gasteiger partial charge is 0.0315 e. The molecule has 0 spiro atoms. The molecular weight excluding hydrogens is 144 g/mol. The second kappa shape index (κ2) is 2.87. The zero-order valence-electron chi connectivity index (χ0n) is 6.88. The summed E-state index contributed by atoms with van der Waals surface area (Å²) in [6.07, 6.45) is 10.1. The Balaban J connectivity index is 2.42. The molecule has 0 atom stereocenters. The van der Waals surface area contributed by atoms with Gasteiger partial charge in [-0.15, -0.1) is 6.42 Å². The quantitative estimate of drug-likeness (QED) is 0.545. The Labute approximate surface area is 72.9 Å². The third-order valence-corrected chi connectivity index (χ3v) is 2.01. The van der Waals surface area contributed by atoms with Crippen LogP contribution in [0, 0.1) is 12.3 Å². The summed E-state index contributed by atoms with van der Waals surface area (Å²) in [6.45, 7) is 0. The second-order valence-corrected chi connectivity index (χ2v) is 3.03. The van der Waals surface area contributed by atoms with Gasteiger partial charge in [0.05, 0.1) is 0 Å². The van der Waals surface area contributed by atoms with Crippen molar-refractivity contribution in [3.8, 4) is 12.3 Å². The average Bonchev–Trinajstić information content (AvgIpc) is 2.89. The molecule has 0 bridgehead atoms. The van der Waals surface area contributed by atoms with E-state index in [-0.39, 0.29) is 0 Å². The van der Waals surface area contributed by atoms with E-state index in [4.69, 9.17) is 6.42 Å². The highest BCUT2D eigenvalue weighted by Crippen LogP contribution is 2.30. The summed E-state index contributed by atoms with van der Waals surface area (Å²) in [7, 11) is 0. The molecule has 1 aromatic rings. The van der Waals surface area contributed by atoms with Gasteiger partial charge in [-0.05, 0) is 24.5 Å². The molecule has 0 saturated heterocycles. The minimum atomic E-state index is 0.997. The maximum Gasteiger partial charge on any atom is 0.0315 e. The molecule has 1 aromatic carbocycles. The van der Waals surface area contributed by atoms with Crippen LogP contribution < -0.4 is 0 Å². The fourth-order valence-corrected chi connectivity index (χ4v) is 1.19. The Bertz CT molecular complexity index is 358. The lowest BCUT2D eigenvalue weighted by Gasteiger charge is -1.95. The molecule has 0 heteroatoms. The van der Waals surface area contributed by atoms with Crippen molar-refractivity contribution in [1.82, 2.24) is 0 Å². The van der Waals surface area contributed by atoms with Gasteiger partial charge in [-0.2, -0.15) is 0 Å². The molecule has 0 amide bonds. The highest BCUT2D eigenvalue weighted by molar-refractivity contribution is 5.62. The summed E-state index contributed by atoms with van der Waals surface area (Å²) < 4.78 is 0. The van der Waals surface area contributed by atoms with Crippen LogP contribution in [0.2, 0.25) is 0 Å². The van der Waals surface area contributed by atoms with Crippen molar-refractivity contribution in [2.75, 3.05) is 0 Å². The molecule has 2 rings (SSSR count). The van der Waals surface area contributed by atoms with Crippen molar-refractivity contribution >= 4 is 6.08 Å². The van der Waals surface area contributed by atoms with Gasteiger partial charge in [0, 0.05) is 5.56 Å². The van der Waals surface area contributed by atoms with E-state index in [2.05, 4.69) is 18.1 Å². The predicted octanol–water partition coefficient (Wildman–Crippen LogP) is 2.85. The van der Waals surface area contributed by atoms with Crippen LogP contribution in [-0.2, 0) is 0 Å². The van der Waals surface area contributed by atoms with E-state index in [1.807, 2.05) is 18.2 Å². The van der Waals surface area contributed by atoms with Gasteiger partial charge < -0.3 is 0 Å². The molecule has 1 fully saturated rings. The predicted molar refractivity (Wildman–Crippen MR) is 51.6 cm³/mol. The zero-order valence-corrected chi connectivity index (χ0v) is 6.88. The van der Waals surface area contributed by atoms with E-state index in [0.717, 1.165) is 5.56 Å². The molecular formula is C12H10. The molecule has 0 radical (unpaired) electrons. The van der Waals surface area contributed by atoms with E-state index in [1.54, 1.807) is 0 Å². The molecule has 0 aromatic heterocycles. The lowest BCUT2D eigenvalue weighted by atomic mass is 10.1. The van der Waals surface area contributed by atoms with Crippen molar-refractivity contribution in [3.05, 3.63) is 41.0 Å². The van der Waals surface area contributed by atoms with Crippen molar-refractivity contribution in [3.63, 3.8) is 0 Å². The van der Waals surface area contributed by atoms with Crippen LogP contribution in [0.3, 0.4) is 0 Å². The molecule has 1 aliphatic carbocycles. The first-order valence-corrected chi connectivity index (χ1v) is 4.15. The Morgan fingerprint density at radius 2 is 2.00 bits per heavy atom. The van der Waals surface area contributed by atoms with Crippen molar-refractivity contribution in [1.29, 1.82) is 0 Å². The number of allylic oxidation sites excluding steroid dienone is 1. The number of benzene rings is 1. The number of rotatable bonds is 1. The van der Waals surface area contributed by atoms with Crippen molar-refractivity contribution in [2.45, 2.75) is 12.8 Å². The van der Waals surface area contributed by atoms with E-state index in [0.29, 0.717) is 0 Å². The lowest BCUT2D eigenvalue weighted by molar-refractivity contribution is 1.50. The standard InChI is InChI=1S/C12H10/c1-2-11-5-3-4-6-12(11)9-10-7-8-10/h1,3-6,9H,7-8H2. The van der Waals surface area contributed by atoms with Gasteiger partial charge >= 0.3 is 0 Å². The van der Waals surface area contributed by atoms with Gasteiger partial charge in [-0.3, -0.25) is 0 Å². The summed E-state index contributed by atoms with van der Waals surface area (Å²) in [5.41, 5.74) is 3.70. The Hall–Kier alpha value is -1.48. The van der Waals surface area contributed by atoms with Gasteiger partial charge in [0.1, 0.15) is 0 Å². The third-order valence-electron chi connectivity index (χ3n) is 2.01. The monoisotopic (exact) mass is 154 g/mol. The first-order valence-electron chi connectivity index (χ1n) is 4.15. The maximum atomic E-state index is 5.37. The highest BCUT2D eigenvalue weighted by atomic mass is 14.2. The summed E-state index contributed by atoms with van der Waals surface area (Å²) in [4.78, 5) is 0. The molecule has 58 valence electrons. The van der Waals surface area contributed by atoms with E-state index < -0.39 is 0 Å². The van der Waals surface area contributed by atoms with Crippen molar-refractivity contribution < 1.29 is 0 Å². The van der Waals surface area contributed by atoms with Crippen LogP contribution in [0.4, 0.5) is 0 Å². The fourth-order valence-electron chi connectivity index (χ4n) is 1.19. The zero-order chi connectivity index (χ0) is 8.39. The molecule has 1 saturated carbocycles. The largest absolute Gasteiger partial charge is 0.115 e. The third kappa shape index (κ3) is 1.40. The van der Waals surface area contributed by atoms with Gasteiger partial charge in [0.15, 0.2) is 0 Å². The second-order valence-electron chi connectivity index (χ2n) is 3.03. The maximum absolute atomic E-state index is 5.37. The molecule has 0 N–H and O–H groups in total. The minimum Gasteiger partial charge on any atom is -0.115 e. The Kier molecular flexibility index (Phi) is 1.72. The fraction of sp³-hybridized carbons (Fsp3) is 0.167. The minimum absolute atomic E-state index is 0.997. The SMILES string of the molecule is C#Cc1ccccc1C=C1CC1. The first-order chi connectivity index (χ1) is 5.90. The van der Waals surface area contributed by atoms with Crippen LogP contribution in [0.15, 0.2) is 29.8 Å². The number of hydrogen-bond acceptors (Lipinski definition) is 0. The van der Waals surface area contributed by atoms with Gasteiger partial charge in [-0.1, -0.05) is 35.8 Å². The van der Waals surface area contributed by atoms with Crippen LogP contribution in [0.5, 0.6) is 0 Å². The Morgan fingerprint density at radius 3 is 2.67 bits per heavy atom. The van der Waals surface area contributed by atoms with Crippen LogP contribution in [-0.4, -0.2) is 0 Å². The molecule has 0 unspecified atom stereocenters. The van der Waals surface area contributed by atoms with E-state index >= 15 is 0 Å². The van der Waals surface area contributed by atoms with E-state index in [1.165, 1.54) is 24.0 Å². The lowest BCUT2D eigenvalue weighted by Crippen LogP contribution is -1.79. The normalized spacial score (nSPS) is 13.8. The van der Waals surface area contributed by atoms with E-state index in [9.17, 15) is 0 Å². The summed E-state index contributed by atoms with van der Waals surface area (Å²) in [5.74, 6) is 2.68. The summed E-state index contributed by atoms with van der Waals surface area (Å²) >= 11 is 0. The molecule has 0 nitrogen and oxygen atoms in total. The average molecular weight is 154 g/mol. The molecule has 12 heavy (non-hydrogen) atoms. The van der Waals surface area contributed by atoms with Crippen LogP contribution >= 0.6 is 0 Å². The number of terminal acetylenes is 1. The Morgan fingerprint density at radius 1 is 1.25 bits per heavy atom. The van der Waals surface area contributed by atoms with Gasteiger partial charge in [-0.25, -0.2) is 0 Å². The van der Waals surface area contributed by atoms with Crippen LogP contribution in [0.25, 0.3) is 6.08 Å². The van der Waals surface area contributed by atoms with Crippen LogP contribution in [0.1, 0.15) is 24.0 Å². The molecule has 1 aliphatic rings. The summed E-state index contributed by atoms with van der Waals surface area (Å²) in [6, 6.07) is 8.05. The van der Waals surface area contributed by atoms with Gasteiger partial charge in [0.25, 0.3) is 0 Å². The molecule has 0 aliphatic heterocycles. The first kappa shape index (κ1) is 7.18. The number of hydrogen-bond donors (Lipinski definition) is 0. The highest BCUT2D eigenvalue weighted by Gasteiger charge is 2.10.